The summed E-state index contributed by atoms with van der Waals surface area (Å²) in [5.41, 5.74) is 5.29. The summed E-state index contributed by atoms with van der Waals surface area (Å²) in [5, 5.41) is 0.391. The SMILES string of the molecule is C=CCNNc1nc(-c2ncccc2Cl)[nH]c(=O)n1. The van der Waals surface area contributed by atoms with Crippen LogP contribution < -0.4 is 16.5 Å². The summed E-state index contributed by atoms with van der Waals surface area (Å²) in [6.45, 7) is 4.04. The van der Waals surface area contributed by atoms with Crippen molar-refractivity contribution < 1.29 is 0 Å². The number of nitrogens with zero attached hydrogens (tertiary/aromatic N) is 3. The minimum atomic E-state index is -0.547. The van der Waals surface area contributed by atoms with Gasteiger partial charge in [0.05, 0.1) is 5.02 Å². The maximum absolute atomic E-state index is 11.5. The third-order valence-electron chi connectivity index (χ3n) is 2.08. The molecule has 0 fully saturated rings. The Kier molecular flexibility index (Phi) is 4.22. The summed E-state index contributed by atoms with van der Waals surface area (Å²) >= 11 is 6.00. The largest absolute Gasteiger partial charge is 0.349 e. The van der Waals surface area contributed by atoms with Crippen LogP contribution in [0.1, 0.15) is 0 Å². The highest BCUT2D eigenvalue weighted by atomic mass is 35.5. The van der Waals surface area contributed by atoms with Crippen LogP contribution in [0.15, 0.2) is 35.8 Å². The van der Waals surface area contributed by atoms with Crippen LogP contribution in [0.25, 0.3) is 11.5 Å². The zero-order valence-corrected chi connectivity index (χ0v) is 10.6. The molecular formula is C11H11ClN6O. The maximum Gasteiger partial charge on any atom is 0.349 e. The van der Waals surface area contributed by atoms with E-state index in [4.69, 9.17) is 11.6 Å². The van der Waals surface area contributed by atoms with Gasteiger partial charge in [-0.3, -0.25) is 15.4 Å². The Balaban J connectivity index is 2.34. The van der Waals surface area contributed by atoms with Gasteiger partial charge >= 0.3 is 5.69 Å². The molecule has 0 saturated heterocycles. The van der Waals surface area contributed by atoms with Crippen LogP contribution in [-0.2, 0) is 0 Å². The molecule has 0 bridgehead atoms. The van der Waals surface area contributed by atoms with E-state index in [2.05, 4.69) is 37.4 Å². The molecule has 0 spiro atoms. The molecule has 2 aromatic heterocycles. The van der Waals surface area contributed by atoms with Crippen molar-refractivity contribution in [3.05, 3.63) is 46.5 Å². The average Bonchev–Trinajstić information content (AvgIpc) is 2.39. The molecule has 8 heteroatoms. The predicted octanol–water partition coefficient (Wildman–Crippen LogP) is 0.983. The summed E-state index contributed by atoms with van der Waals surface area (Å²) in [6.07, 6.45) is 3.21. The number of halogens is 1. The van der Waals surface area contributed by atoms with Crippen molar-refractivity contribution in [1.29, 1.82) is 0 Å². The van der Waals surface area contributed by atoms with E-state index in [-0.39, 0.29) is 11.8 Å². The van der Waals surface area contributed by atoms with E-state index in [1.807, 2.05) is 0 Å². The molecule has 0 aliphatic rings. The van der Waals surface area contributed by atoms with Gasteiger partial charge in [0, 0.05) is 12.7 Å². The number of aromatic nitrogens is 4. The molecule has 0 amide bonds. The minimum Gasteiger partial charge on any atom is -0.289 e. The molecule has 0 atom stereocenters. The Morgan fingerprint density at radius 2 is 2.32 bits per heavy atom. The van der Waals surface area contributed by atoms with Crippen LogP contribution in [0.5, 0.6) is 0 Å². The summed E-state index contributed by atoms with van der Waals surface area (Å²) in [7, 11) is 0. The molecule has 98 valence electrons. The van der Waals surface area contributed by atoms with Gasteiger partial charge in [-0.1, -0.05) is 17.7 Å². The number of pyridine rings is 1. The molecule has 0 aliphatic heterocycles. The fourth-order valence-corrected chi connectivity index (χ4v) is 1.53. The first-order valence-corrected chi connectivity index (χ1v) is 5.77. The summed E-state index contributed by atoms with van der Waals surface area (Å²) in [6, 6.07) is 3.35. The Hall–Kier alpha value is -2.25. The molecule has 0 unspecified atom stereocenters. The Bertz CT molecular complexity index is 641. The van der Waals surface area contributed by atoms with Crippen LogP contribution in [0.3, 0.4) is 0 Å². The lowest BCUT2D eigenvalue weighted by molar-refractivity contribution is 0.853. The highest BCUT2D eigenvalue weighted by molar-refractivity contribution is 6.32. The lowest BCUT2D eigenvalue weighted by atomic mass is 10.3. The molecule has 0 aromatic carbocycles. The van der Waals surface area contributed by atoms with Crippen molar-refractivity contribution in [3.63, 3.8) is 0 Å². The first-order chi connectivity index (χ1) is 9.20. The minimum absolute atomic E-state index is 0.127. The zero-order valence-electron chi connectivity index (χ0n) is 9.85. The topological polar surface area (TPSA) is 95.6 Å². The van der Waals surface area contributed by atoms with Gasteiger partial charge in [-0.15, -0.1) is 6.58 Å². The van der Waals surface area contributed by atoms with E-state index in [0.717, 1.165) is 0 Å². The van der Waals surface area contributed by atoms with Gasteiger partial charge in [-0.2, -0.15) is 9.97 Å². The summed E-state index contributed by atoms with van der Waals surface area (Å²) in [5.74, 6) is 0.371. The lowest BCUT2D eigenvalue weighted by Crippen LogP contribution is -2.26. The van der Waals surface area contributed by atoms with Gasteiger partial charge in [-0.25, -0.2) is 10.2 Å². The zero-order chi connectivity index (χ0) is 13.7. The van der Waals surface area contributed by atoms with E-state index >= 15 is 0 Å². The first kappa shape index (κ1) is 13.2. The summed E-state index contributed by atoms with van der Waals surface area (Å²) in [4.78, 5) is 25.8. The van der Waals surface area contributed by atoms with Gasteiger partial charge in [0.25, 0.3) is 0 Å². The van der Waals surface area contributed by atoms with Gasteiger partial charge < -0.3 is 0 Å². The smallest absolute Gasteiger partial charge is 0.289 e. The number of anilines is 1. The van der Waals surface area contributed by atoms with Gasteiger partial charge in [0.15, 0.2) is 5.82 Å². The van der Waals surface area contributed by atoms with Crippen molar-refractivity contribution in [1.82, 2.24) is 25.4 Å². The van der Waals surface area contributed by atoms with Crippen LogP contribution in [-0.4, -0.2) is 26.5 Å². The van der Waals surface area contributed by atoms with E-state index < -0.39 is 5.69 Å². The second kappa shape index (κ2) is 6.07. The molecule has 2 rings (SSSR count). The van der Waals surface area contributed by atoms with Crippen molar-refractivity contribution in [2.45, 2.75) is 0 Å². The third-order valence-corrected chi connectivity index (χ3v) is 2.38. The lowest BCUT2D eigenvalue weighted by Gasteiger charge is -2.06. The Morgan fingerprint density at radius 3 is 3.05 bits per heavy atom. The highest BCUT2D eigenvalue weighted by Gasteiger charge is 2.09. The van der Waals surface area contributed by atoms with E-state index in [9.17, 15) is 4.79 Å². The fourth-order valence-electron chi connectivity index (χ4n) is 1.31. The highest BCUT2D eigenvalue weighted by Crippen LogP contribution is 2.21. The second-order valence-electron chi connectivity index (χ2n) is 3.45. The van der Waals surface area contributed by atoms with Crippen LogP contribution in [0.2, 0.25) is 5.02 Å². The van der Waals surface area contributed by atoms with Crippen LogP contribution >= 0.6 is 11.6 Å². The second-order valence-corrected chi connectivity index (χ2v) is 3.86. The number of rotatable bonds is 5. The van der Waals surface area contributed by atoms with E-state index in [1.54, 1.807) is 24.4 Å². The van der Waals surface area contributed by atoms with Crippen LogP contribution in [0.4, 0.5) is 5.95 Å². The van der Waals surface area contributed by atoms with Gasteiger partial charge in [0.1, 0.15) is 5.69 Å². The summed E-state index contributed by atoms with van der Waals surface area (Å²) < 4.78 is 0. The van der Waals surface area contributed by atoms with Crippen LogP contribution in [0, 0.1) is 0 Å². The van der Waals surface area contributed by atoms with Crippen molar-refractivity contribution in [2.75, 3.05) is 12.0 Å². The van der Waals surface area contributed by atoms with Crippen molar-refractivity contribution in [2.24, 2.45) is 0 Å². The Morgan fingerprint density at radius 1 is 1.47 bits per heavy atom. The Labute approximate surface area is 113 Å². The number of aromatic amines is 1. The van der Waals surface area contributed by atoms with Crippen molar-refractivity contribution in [3.8, 4) is 11.5 Å². The third kappa shape index (κ3) is 3.36. The van der Waals surface area contributed by atoms with Gasteiger partial charge in [-0.05, 0) is 12.1 Å². The normalized spacial score (nSPS) is 10.2. The molecule has 2 aromatic rings. The standard InChI is InChI=1S/C11H11ClN6O/c1-2-5-14-18-10-15-9(16-11(19)17-10)8-7(12)4-3-6-13-8/h2-4,6,14H,1,5H2,(H2,15,16,17,18,19). The number of H-pyrrole nitrogens is 1. The quantitative estimate of drug-likeness (QED) is 0.429. The first-order valence-electron chi connectivity index (χ1n) is 5.39. The molecule has 7 nitrogen and oxygen atoms in total. The average molecular weight is 279 g/mol. The molecule has 2 heterocycles. The fraction of sp³-hybridized carbons (Fsp3) is 0.0909. The van der Waals surface area contributed by atoms with E-state index in [1.165, 1.54) is 0 Å². The number of hydrogen-bond acceptors (Lipinski definition) is 6. The molecule has 0 radical (unpaired) electrons. The molecular weight excluding hydrogens is 268 g/mol. The maximum atomic E-state index is 11.5. The number of hydrogen-bond donors (Lipinski definition) is 3. The number of hydrazine groups is 1. The molecule has 0 saturated carbocycles. The molecule has 3 N–H and O–H groups in total. The number of nitrogens with one attached hydrogen (secondary N) is 3. The van der Waals surface area contributed by atoms with Crippen molar-refractivity contribution >= 4 is 17.5 Å². The molecule has 19 heavy (non-hydrogen) atoms. The van der Waals surface area contributed by atoms with Gasteiger partial charge in [0.2, 0.25) is 5.95 Å². The van der Waals surface area contributed by atoms with E-state index in [0.29, 0.717) is 17.3 Å². The monoisotopic (exact) mass is 278 g/mol. The predicted molar refractivity (Wildman–Crippen MR) is 72.7 cm³/mol. The molecule has 0 aliphatic carbocycles.